The number of ketones is 1. The molecule has 5 heteroatoms. The average Bonchev–Trinajstić information content (AvgIpc) is 2.73. The molecule has 0 bridgehead atoms. The van der Waals surface area contributed by atoms with Crippen LogP contribution in [0.4, 0.5) is 0 Å². The van der Waals surface area contributed by atoms with Crippen molar-refractivity contribution in [2.45, 2.75) is 6.92 Å². The summed E-state index contributed by atoms with van der Waals surface area (Å²) in [7, 11) is 0. The molecular formula is C12H11NO4. The first-order valence-electron chi connectivity index (χ1n) is 5.15. The maximum absolute atomic E-state index is 11.4. The number of aromatic amines is 1. The molecule has 0 aliphatic heterocycles. The Hall–Kier alpha value is -2.30. The van der Waals surface area contributed by atoms with Crippen LogP contribution in [0.1, 0.15) is 17.3 Å². The van der Waals surface area contributed by atoms with Crippen LogP contribution < -0.4 is 4.74 Å². The van der Waals surface area contributed by atoms with Crippen LogP contribution in [0.25, 0.3) is 10.9 Å². The first kappa shape index (κ1) is 11.2. The lowest BCUT2D eigenvalue weighted by molar-refractivity contribution is -0.131. The van der Waals surface area contributed by atoms with Gasteiger partial charge in [-0.3, -0.25) is 4.79 Å². The summed E-state index contributed by atoms with van der Waals surface area (Å²) in [4.78, 5) is 25.0. The van der Waals surface area contributed by atoms with Crippen LogP contribution in [-0.4, -0.2) is 28.4 Å². The number of carboxylic acids is 1. The zero-order valence-electron chi connectivity index (χ0n) is 9.19. The van der Waals surface area contributed by atoms with Crippen molar-refractivity contribution in [3.63, 3.8) is 0 Å². The minimum atomic E-state index is -1.47. The van der Waals surface area contributed by atoms with Crippen molar-refractivity contribution >= 4 is 22.7 Å². The van der Waals surface area contributed by atoms with Crippen molar-refractivity contribution in [3.8, 4) is 5.75 Å². The van der Waals surface area contributed by atoms with Crippen LogP contribution in [0.15, 0.2) is 24.4 Å². The molecule has 1 aromatic heterocycles. The third kappa shape index (κ3) is 1.87. The molecule has 17 heavy (non-hydrogen) atoms. The first-order valence-corrected chi connectivity index (χ1v) is 5.15. The molecule has 1 aromatic carbocycles. The van der Waals surface area contributed by atoms with E-state index in [-0.39, 0.29) is 5.56 Å². The van der Waals surface area contributed by atoms with E-state index in [1.165, 1.54) is 6.20 Å². The molecule has 0 saturated carbocycles. The maximum Gasteiger partial charge on any atom is 0.377 e. The Morgan fingerprint density at radius 3 is 2.82 bits per heavy atom. The number of carbonyl (C=O) groups excluding carboxylic acids is 1. The summed E-state index contributed by atoms with van der Waals surface area (Å²) in [5.41, 5.74) is 0.785. The maximum atomic E-state index is 11.4. The highest BCUT2D eigenvalue weighted by Gasteiger charge is 2.19. The molecule has 0 saturated heterocycles. The highest BCUT2D eigenvalue weighted by atomic mass is 16.5. The zero-order valence-corrected chi connectivity index (χ0v) is 9.19. The van der Waals surface area contributed by atoms with E-state index in [4.69, 9.17) is 9.84 Å². The number of carboxylic acid groups (broad SMARTS) is 1. The van der Waals surface area contributed by atoms with Crippen molar-refractivity contribution in [1.82, 2.24) is 4.98 Å². The van der Waals surface area contributed by atoms with Gasteiger partial charge in [-0.15, -0.1) is 0 Å². The van der Waals surface area contributed by atoms with Crippen molar-refractivity contribution < 1.29 is 19.4 Å². The SMILES string of the molecule is CCOc1cccc2c(C(=O)C(=O)O)c[nH]c12. The van der Waals surface area contributed by atoms with Crippen LogP contribution in [0, 0.1) is 0 Å². The van der Waals surface area contributed by atoms with Crippen LogP contribution in [-0.2, 0) is 4.79 Å². The number of carbonyl (C=O) groups is 2. The molecule has 88 valence electrons. The fourth-order valence-electron chi connectivity index (χ4n) is 1.71. The molecule has 0 aliphatic carbocycles. The average molecular weight is 233 g/mol. The van der Waals surface area contributed by atoms with E-state index in [1.54, 1.807) is 18.2 Å². The summed E-state index contributed by atoms with van der Waals surface area (Å²) in [5.74, 6) is -1.79. The van der Waals surface area contributed by atoms with Gasteiger partial charge >= 0.3 is 5.97 Å². The second kappa shape index (κ2) is 4.29. The van der Waals surface area contributed by atoms with Gasteiger partial charge in [-0.2, -0.15) is 0 Å². The Kier molecular flexibility index (Phi) is 2.82. The summed E-state index contributed by atoms with van der Waals surface area (Å²) in [6.45, 7) is 2.35. The zero-order chi connectivity index (χ0) is 12.4. The quantitative estimate of drug-likeness (QED) is 0.623. The van der Waals surface area contributed by atoms with Crippen LogP contribution in [0.2, 0.25) is 0 Å². The van der Waals surface area contributed by atoms with Crippen molar-refractivity contribution in [3.05, 3.63) is 30.0 Å². The van der Waals surface area contributed by atoms with Gasteiger partial charge in [0.05, 0.1) is 17.7 Å². The number of hydrogen-bond donors (Lipinski definition) is 2. The van der Waals surface area contributed by atoms with Crippen LogP contribution in [0.3, 0.4) is 0 Å². The van der Waals surface area contributed by atoms with Crippen molar-refractivity contribution in [2.75, 3.05) is 6.61 Å². The number of benzene rings is 1. The Bertz CT molecular complexity index is 585. The fourth-order valence-corrected chi connectivity index (χ4v) is 1.71. The largest absolute Gasteiger partial charge is 0.492 e. The standard InChI is InChI=1S/C12H11NO4/c1-2-17-9-5-3-4-7-8(6-13-10(7)9)11(14)12(15)16/h3-6,13H,2H2,1H3,(H,15,16). The summed E-state index contributed by atoms with van der Waals surface area (Å²) >= 11 is 0. The lowest BCUT2D eigenvalue weighted by atomic mass is 10.1. The molecule has 0 unspecified atom stereocenters. The fraction of sp³-hybridized carbons (Fsp3) is 0.167. The van der Waals surface area contributed by atoms with Gasteiger partial charge < -0.3 is 14.8 Å². The lowest BCUT2D eigenvalue weighted by Gasteiger charge is -2.03. The predicted octanol–water partition coefficient (Wildman–Crippen LogP) is 1.83. The minimum Gasteiger partial charge on any atom is -0.492 e. The van der Waals surface area contributed by atoms with E-state index in [9.17, 15) is 9.59 Å². The van der Waals surface area contributed by atoms with Gasteiger partial charge in [0.15, 0.2) is 0 Å². The number of H-pyrrole nitrogens is 1. The first-order chi connectivity index (χ1) is 8.15. The second-order valence-electron chi connectivity index (χ2n) is 3.45. The van der Waals surface area contributed by atoms with E-state index >= 15 is 0 Å². The Morgan fingerprint density at radius 2 is 2.18 bits per heavy atom. The van der Waals surface area contributed by atoms with Gasteiger partial charge in [0, 0.05) is 11.6 Å². The molecule has 2 rings (SSSR count). The Labute approximate surface area is 97.0 Å². The van der Waals surface area contributed by atoms with E-state index in [0.29, 0.717) is 23.3 Å². The Morgan fingerprint density at radius 1 is 1.41 bits per heavy atom. The number of ether oxygens (including phenoxy) is 1. The van der Waals surface area contributed by atoms with Crippen molar-refractivity contribution in [2.24, 2.45) is 0 Å². The van der Waals surface area contributed by atoms with Gasteiger partial charge in [0.25, 0.3) is 5.78 Å². The van der Waals surface area contributed by atoms with Gasteiger partial charge in [-0.05, 0) is 13.0 Å². The van der Waals surface area contributed by atoms with Gasteiger partial charge in [-0.25, -0.2) is 4.79 Å². The highest BCUT2D eigenvalue weighted by Crippen LogP contribution is 2.27. The molecule has 1 heterocycles. The van der Waals surface area contributed by atoms with Crippen LogP contribution in [0.5, 0.6) is 5.75 Å². The molecule has 5 nitrogen and oxygen atoms in total. The second-order valence-corrected chi connectivity index (χ2v) is 3.45. The number of nitrogens with one attached hydrogen (secondary N) is 1. The molecule has 2 aromatic rings. The minimum absolute atomic E-state index is 0.147. The van der Waals surface area contributed by atoms with Gasteiger partial charge in [0.1, 0.15) is 5.75 Å². The number of rotatable bonds is 4. The molecule has 0 amide bonds. The molecule has 0 atom stereocenters. The van der Waals surface area contributed by atoms with E-state index in [2.05, 4.69) is 4.98 Å². The molecule has 0 aliphatic rings. The number of Topliss-reactive ketones (excluding diaryl/α,β-unsaturated/α-hetero) is 1. The number of para-hydroxylation sites is 1. The lowest BCUT2D eigenvalue weighted by Crippen LogP contribution is -2.11. The van der Waals surface area contributed by atoms with Crippen LogP contribution >= 0.6 is 0 Å². The summed E-state index contributed by atoms with van der Waals surface area (Å²) in [5, 5.41) is 9.25. The Balaban J connectivity index is 2.58. The number of aliphatic carboxylic acids is 1. The number of aromatic nitrogens is 1. The van der Waals surface area contributed by atoms with E-state index in [1.807, 2.05) is 6.92 Å². The number of hydrogen-bond acceptors (Lipinski definition) is 3. The molecular weight excluding hydrogens is 222 g/mol. The summed E-state index contributed by atoms with van der Waals surface area (Å²) in [6, 6.07) is 5.17. The summed E-state index contributed by atoms with van der Waals surface area (Å²) in [6.07, 6.45) is 1.39. The van der Waals surface area contributed by atoms with Gasteiger partial charge in [0.2, 0.25) is 0 Å². The molecule has 0 radical (unpaired) electrons. The molecule has 2 N–H and O–H groups in total. The highest BCUT2D eigenvalue weighted by molar-refractivity contribution is 6.42. The van der Waals surface area contributed by atoms with Crippen molar-refractivity contribution in [1.29, 1.82) is 0 Å². The normalized spacial score (nSPS) is 10.4. The number of fused-ring (bicyclic) bond motifs is 1. The predicted molar refractivity (Wildman–Crippen MR) is 61.4 cm³/mol. The molecule has 0 spiro atoms. The van der Waals surface area contributed by atoms with Gasteiger partial charge in [-0.1, -0.05) is 12.1 Å². The third-order valence-corrected chi connectivity index (χ3v) is 2.42. The topological polar surface area (TPSA) is 79.4 Å². The smallest absolute Gasteiger partial charge is 0.377 e. The molecule has 0 fully saturated rings. The van der Waals surface area contributed by atoms with E-state index in [0.717, 1.165) is 0 Å². The van der Waals surface area contributed by atoms with E-state index < -0.39 is 11.8 Å². The monoisotopic (exact) mass is 233 g/mol. The third-order valence-electron chi connectivity index (χ3n) is 2.42. The summed E-state index contributed by atoms with van der Waals surface area (Å²) < 4.78 is 5.38.